The Morgan fingerprint density at radius 3 is 2.36 bits per heavy atom. The first-order chi connectivity index (χ1) is 16.1. The fourth-order valence-electron chi connectivity index (χ4n) is 3.60. The molecule has 0 fully saturated rings. The summed E-state index contributed by atoms with van der Waals surface area (Å²) in [5.74, 6) is 1.81. The first kappa shape index (κ1) is 22.1. The molecule has 0 aliphatic rings. The van der Waals surface area contributed by atoms with Gasteiger partial charge in [0, 0.05) is 18.2 Å². The van der Waals surface area contributed by atoms with Crippen LogP contribution in [0.4, 0.5) is 0 Å². The highest BCUT2D eigenvalue weighted by atomic mass is 16.5. The Kier molecular flexibility index (Phi) is 6.74. The maximum absolute atomic E-state index is 13.4. The van der Waals surface area contributed by atoms with E-state index in [1.807, 2.05) is 85.8 Å². The Hall–Kier alpha value is -4.06. The molecule has 4 aromatic rings. The van der Waals surface area contributed by atoms with Crippen LogP contribution in [0, 0.1) is 6.92 Å². The fraction of sp³-hybridized carbons (Fsp3) is 0.185. The molecule has 0 spiro atoms. The van der Waals surface area contributed by atoms with Crippen molar-refractivity contribution in [2.45, 2.75) is 20.0 Å². The highest BCUT2D eigenvalue weighted by Crippen LogP contribution is 2.34. The second kappa shape index (κ2) is 10.0. The third-order valence-electron chi connectivity index (χ3n) is 5.39. The summed E-state index contributed by atoms with van der Waals surface area (Å²) < 4.78 is 16.4. The Morgan fingerprint density at radius 2 is 1.67 bits per heavy atom. The van der Waals surface area contributed by atoms with Gasteiger partial charge in [-0.15, -0.1) is 0 Å². The van der Waals surface area contributed by atoms with E-state index in [9.17, 15) is 4.79 Å². The number of rotatable bonds is 8. The largest absolute Gasteiger partial charge is 0.497 e. The van der Waals surface area contributed by atoms with Gasteiger partial charge in [-0.2, -0.15) is 0 Å². The summed E-state index contributed by atoms with van der Waals surface area (Å²) in [6.45, 7) is 2.76. The molecule has 0 atom stereocenters. The van der Waals surface area contributed by atoms with Crippen molar-refractivity contribution < 1.29 is 18.8 Å². The van der Waals surface area contributed by atoms with Crippen molar-refractivity contribution in [3.63, 3.8) is 0 Å². The molecular weight excluding hydrogens is 416 g/mol. The molecule has 0 radical (unpaired) electrons. The number of amides is 1. The summed E-state index contributed by atoms with van der Waals surface area (Å²) >= 11 is 0. The number of carbonyl (C=O) groups excluding carboxylic acids is 1. The molecule has 0 unspecified atom stereocenters. The molecule has 0 aliphatic heterocycles. The van der Waals surface area contributed by atoms with Gasteiger partial charge in [0.2, 0.25) is 0 Å². The third kappa shape index (κ3) is 5.23. The standard InChI is InChI=1S/C27H26N2O4/c1-19-9-11-21(12-10-19)27(30)29(17-20-7-5-4-6-8-20)18-22-15-26(33-28-22)24-16-23(31-2)13-14-25(24)32-3/h4-16H,17-18H2,1-3H3. The average Bonchev–Trinajstić information content (AvgIpc) is 3.32. The Morgan fingerprint density at radius 1 is 0.909 bits per heavy atom. The maximum atomic E-state index is 13.4. The molecule has 0 saturated carbocycles. The minimum atomic E-state index is -0.0673. The summed E-state index contributed by atoms with van der Waals surface area (Å²) in [6.07, 6.45) is 0. The summed E-state index contributed by atoms with van der Waals surface area (Å²) in [5.41, 5.74) is 4.15. The first-order valence-corrected chi connectivity index (χ1v) is 10.6. The third-order valence-corrected chi connectivity index (χ3v) is 5.39. The Bertz CT molecular complexity index is 1220. The smallest absolute Gasteiger partial charge is 0.254 e. The molecule has 1 amide bonds. The summed E-state index contributed by atoms with van der Waals surface area (Å²) in [6, 6.07) is 24.8. The molecule has 168 valence electrons. The zero-order valence-electron chi connectivity index (χ0n) is 18.9. The van der Waals surface area contributed by atoms with Gasteiger partial charge >= 0.3 is 0 Å². The second-order valence-corrected chi connectivity index (χ2v) is 7.76. The van der Waals surface area contributed by atoms with Gasteiger partial charge < -0.3 is 18.9 Å². The monoisotopic (exact) mass is 442 g/mol. The molecular formula is C27H26N2O4. The number of hydrogen-bond acceptors (Lipinski definition) is 5. The van der Waals surface area contributed by atoms with Crippen molar-refractivity contribution in [1.29, 1.82) is 0 Å². The van der Waals surface area contributed by atoms with Gasteiger partial charge in [-0.1, -0.05) is 53.2 Å². The predicted molar refractivity (Wildman–Crippen MR) is 126 cm³/mol. The normalized spacial score (nSPS) is 10.6. The Balaban J connectivity index is 1.62. The van der Waals surface area contributed by atoms with Crippen molar-refractivity contribution in [1.82, 2.24) is 10.1 Å². The lowest BCUT2D eigenvalue weighted by molar-refractivity contribution is 0.0726. The van der Waals surface area contributed by atoms with E-state index in [2.05, 4.69) is 5.16 Å². The number of nitrogens with zero attached hydrogens (tertiary/aromatic N) is 2. The van der Waals surface area contributed by atoms with Crippen LogP contribution in [0.25, 0.3) is 11.3 Å². The van der Waals surface area contributed by atoms with Crippen LogP contribution in [0.1, 0.15) is 27.2 Å². The molecule has 6 heteroatoms. The number of hydrogen-bond donors (Lipinski definition) is 0. The number of ether oxygens (including phenoxy) is 2. The van der Waals surface area contributed by atoms with E-state index in [1.54, 1.807) is 19.1 Å². The number of methoxy groups -OCH3 is 2. The lowest BCUT2D eigenvalue weighted by atomic mass is 10.1. The van der Waals surface area contributed by atoms with Crippen LogP contribution < -0.4 is 9.47 Å². The van der Waals surface area contributed by atoms with Crippen LogP contribution in [0.15, 0.2) is 83.4 Å². The molecule has 0 bridgehead atoms. The summed E-state index contributed by atoms with van der Waals surface area (Å²) in [7, 11) is 3.21. The molecule has 33 heavy (non-hydrogen) atoms. The molecule has 0 saturated heterocycles. The number of aryl methyl sites for hydroxylation is 1. The zero-order valence-corrected chi connectivity index (χ0v) is 18.9. The lowest BCUT2D eigenvalue weighted by Crippen LogP contribution is -2.30. The fourth-order valence-corrected chi connectivity index (χ4v) is 3.60. The average molecular weight is 443 g/mol. The minimum Gasteiger partial charge on any atom is -0.497 e. The van der Waals surface area contributed by atoms with Crippen LogP contribution in [0.3, 0.4) is 0 Å². The predicted octanol–water partition coefficient (Wildman–Crippen LogP) is 5.51. The van der Waals surface area contributed by atoms with E-state index in [4.69, 9.17) is 14.0 Å². The SMILES string of the molecule is COc1ccc(OC)c(-c2cc(CN(Cc3ccccc3)C(=O)c3ccc(C)cc3)no2)c1. The van der Waals surface area contributed by atoms with Gasteiger partial charge in [-0.05, 0) is 42.8 Å². The van der Waals surface area contributed by atoms with E-state index in [-0.39, 0.29) is 5.91 Å². The summed E-state index contributed by atoms with van der Waals surface area (Å²) in [5, 5.41) is 4.23. The number of benzene rings is 3. The van der Waals surface area contributed by atoms with Gasteiger partial charge in [0.25, 0.3) is 5.91 Å². The molecule has 1 heterocycles. The topological polar surface area (TPSA) is 64.8 Å². The second-order valence-electron chi connectivity index (χ2n) is 7.76. The van der Waals surface area contributed by atoms with Crippen molar-refractivity contribution in [2.24, 2.45) is 0 Å². The highest BCUT2D eigenvalue weighted by molar-refractivity contribution is 5.94. The molecule has 4 rings (SSSR count). The minimum absolute atomic E-state index is 0.0673. The molecule has 3 aromatic carbocycles. The van der Waals surface area contributed by atoms with E-state index < -0.39 is 0 Å². The van der Waals surface area contributed by atoms with Gasteiger partial charge in [-0.3, -0.25) is 4.79 Å². The van der Waals surface area contributed by atoms with E-state index in [0.29, 0.717) is 41.6 Å². The highest BCUT2D eigenvalue weighted by Gasteiger charge is 2.20. The first-order valence-electron chi connectivity index (χ1n) is 10.6. The van der Waals surface area contributed by atoms with Gasteiger partial charge in [0.1, 0.15) is 17.2 Å². The van der Waals surface area contributed by atoms with Gasteiger partial charge in [0.15, 0.2) is 5.76 Å². The molecule has 0 aliphatic carbocycles. The number of aromatic nitrogens is 1. The van der Waals surface area contributed by atoms with Crippen LogP contribution in [0.2, 0.25) is 0 Å². The van der Waals surface area contributed by atoms with Crippen molar-refractivity contribution in [3.05, 3.63) is 101 Å². The van der Waals surface area contributed by atoms with Crippen molar-refractivity contribution in [2.75, 3.05) is 14.2 Å². The molecule has 6 nitrogen and oxygen atoms in total. The lowest BCUT2D eigenvalue weighted by Gasteiger charge is -2.22. The van der Waals surface area contributed by atoms with Crippen LogP contribution in [-0.4, -0.2) is 30.2 Å². The van der Waals surface area contributed by atoms with Gasteiger partial charge in [0.05, 0.1) is 26.3 Å². The van der Waals surface area contributed by atoms with Crippen LogP contribution in [0.5, 0.6) is 11.5 Å². The van der Waals surface area contributed by atoms with E-state index in [1.165, 1.54) is 0 Å². The van der Waals surface area contributed by atoms with Crippen LogP contribution in [-0.2, 0) is 13.1 Å². The quantitative estimate of drug-likeness (QED) is 0.360. The van der Waals surface area contributed by atoms with Crippen molar-refractivity contribution in [3.8, 4) is 22.8 Å². The van der Waals surface area contributed by atoms with E-state index in [0.717, 1.165) is 16.7 Å². The maximum Gasteiger partial charge on any atom is 0.254 e. The molecule has 0 N–H and O–H groups in total. The summed E-state index contributed by atoms with van der Waals surface area (Å²) in [4.78, 5) is 15.1. The van der Waals surface area contributed by atoms with Crippen molar-refractivity contribution >= 4 is 5.91 Å². The zero-order chi connectivity index (χ0) is 23.2. The number of carbonyl (C=O) groups is 1. The van der Waals surface area contributed by atoms with Crippen LogP contribution >= 0.6 is 0 Å². The molecule has 1 aromatic heterocycles. The Labute approximate surface area is 193 Å². The van der Waals surface area contributed by atoms with E-state index >= 15 is 0 Å². The van der Waals surface area contributed by atoms with Gasteiger partial charge in [-0.25, -0.2) is 0 Å².